The van der Waals surface area contributed by atoms with Gasteiger partial charge in [0.25, 0.3) is 0 Å². The summed E-state index contributed by atoms with van der Waals surface area (Å²) in [7, 11) is 0. The zero-order chi connectivity index (χ0) is 7.52. The van der Waals surface area contributed by atoms with Gasteiger partial charge < -0.3 is 10.1 Å². The third kappa shape index (κ3) is 2.10. The number of nitrogens with one attached hydrogen (secondary N) is 1. The second-order valence-corrected chi connectivity index (χ2v) is 4.51. The summed E-state index contributed by atoms with van der Waals surface area (Å²) >= 11 is 2.08. The minimum absolute atomic E-state index is 0.670. The van der Waals surface area contributed by atoms with Crippen molar-refractivity contribution in [3.8, 4) is 0 Å². The Balaban J connectivity index is 1.67. The van der Waals surface area contributed by atoms with Crippen LogP contribution in [0, 0.1) is 0 Å². The van der Waals surface area contributed by atoms with E-state index >= 15 is 0 Å². The van der Waals surface area contributed by atoms with Crippen LogP contribution in [0.2, 0.25) is 0 Å². The van der Waals surface area contributed by atoms with Gasteiger partial charge in [-0.25, -0.2) is 0 Å². The van der Waals surface area contributed by atoms with Crippen molar-refractivity contribution in [2.75, 3.05) is 24.7 Å². The van der Waals surface area contributed by atoms with E-state index in [4.69, 9.17) is 4.74 Å². The molecule has 0 bridgehead atoms. The second kappa shape index (κ2) is 3.78. The molecule has 2 nitrogen and oxygen atoms in total. The number of rotatable bonds is 2. The maximum Gasteiger partial charge on any atom is 0.0643 e. The molecule has 2 rings (SSSR count). The first-order valence-corrected chi connectivity index (χ1v) is 5.52. The predicted octanol–water partition coefficient (Wildman–Crippen LogP) is 0.870. The fraction of sp³-hybridized carbons (Fsp3) is 1.00. The molecule has 0 saturated carbocycles. The molecular weight excluding hydrogens is 158 g/mol. The fourth-order valence-electron chi connectivity index (χ4n) is 1.53. The van der Waals surface area contributed by atoms with Crippen LogP contribution in [-0.4, -0.2) is 36.8 Å². The zero-order valence-electron chi connectivity index (χ0n) is 6.71. The van der Waals surface area contributed by atoms with Crippen molar-refractivity contribution in [1.29, 1.82) is 0 Å². The maximum atomic E-state index is 5.11. The van der Waals surface area contributed by atoms with Crippen molar-refractivity contribution in [2.24, 2.45) is 0 Å². The lowest BCUT2D eigenvalue weighted by Gasteiger charge is -2.33. The van der Waals surface area contributed by atoms with Gasteiger partial charge in [0.1, 0.15) is 0 Å². The first-order valence-electron chi connectivity index (χ1n) is 4.37. The Morgan fingerprint density at radius 1 is 1.09 bits per heavy atom. The van der Waals surface area contributed by atoms with Crippen molar-refractivity contribution in [3.63, 3.8) is 0 Å². The third-order valence-corrected chi connectivity index (χ3v) is 3.38. The van der Waals surface area contributed by atoms with Crippen LogP contribution >= 0.6 is 11.8 Å². The molecule has 2 fully saturated rings. The van der Waals surface area contributed by atoms with Crippen molar-refractivity contribution < 1.29 is 4.74 Å². The molecule has 0 aromatic heterocycles. The molecule has 0 aliphatic carbocycles. The molecule has 64 valence electrons. The molecule has 3 heteroatoms. The number of hydrogen-bond acceptors (Lipinski definition) is 3. The van der Waals surface area contributed by atoms with E-state index in [2.05, 4.69) is 17.1 Å². The van der Waals surface area contributed by atoms with Gasteiger partial charge in [-0.15, -0.1) is 0 Å². The first-order chi connectivity index (χ1) is 5.45. The molecule has 0 aromatic carbocycles. The minimum atomic E-state index is 0.670. The zero-order valence-corrected chi connectivity index (χ0v) is 7.53. The van der Waals surface area contributed by atoms with E-state index in [1.54, 1.807) is 0 Å². The monoisotopic (exact) mass is 173 g/mol. The quantitative estimate of drug-likeness (QED) is 0.669. The predicted molar refractivity (Wildman–Crippen MR) is 48.1 cm³/mol. The molecule has 0 spiro atoms. The Morgan fingerprint density at radius 3 is 2.36 bits per heavy atom. The van der Waals surface area contributed by atoms with Crippen LogP contribution in [0.15, 0.2) is 0 Å². The summed E-state index contributed by atoms with van der Waals surface area (Å²) in [4.78, 5) is 0. The van der Waals surface area contributed by atoms with E-state index in [0.717, 1.165) is 19.3 Å². The third-order valence-electron chi connectivity index (χ3n) is 2.33. The number of thioether (sulfide) groups is 1. The molecule has 0 atom stereocenters. The van der Waals surface area contributed by atoms with E-state index < -0.39 is 0 Å². The number of hydrogen-bond donors (Lipinski definition) is 1. The molecule has 0 aromatic rings. The summed E-state index contributed by atoms with van der Waals surface area (Å²) < 4.78 is 5.11. The van der Waals surface area contributed by atoms with Gasteiger partial charge in [0.15, 0.2) is 0 Å². The molecule has 0 amide bonds. The molecule has 1 N–H and O–H groups in total. The largest absolute Gasteiger partial charge is 0.378 e. The van der Waals surface area contributed by atoms with Crippen molar-refractivity contribution in [3.05, 3.63) is 0 Å². The van der Waals surface area contributed by atoms with Crippen LogP contribution < -0.4 is 5.32 Å². The van der Waals surface area contributed by atoms with Gasteiger partial charge in [-0.05, 0) is 24.3 Å². The fourth-order valence-corrected chi connectivity index (χ4v) is 2.64. The van der Waals surface area contributed by atoms with Crippen LogP contribution in [-0.2, 0) is 4.74 Å². The Morgan fingerprint density at radius 2 is 1.82 bits per heavy atom. The Bertz CT molecular complexity index is 121. The van der Waals surface area contributed by atoms with Crippen LogP contribution in [0.25, 0.3) is 0 Å². The summed E-state index contributed by atoms with van der Waals surface area (Å²) in [6.45, 7) is 1.87. The van der Waals surface area contributed by atoms with Gasteiger partial charge in [0, 0.05) is 6.04 Å². The van der Waals surface area contributed by atoms with Gasteiger partial charge in [-0.1, -0.05) is 0 Å². The van der Waals surface area contributed by atoms with E-state index in [9.17, 15) is 0 Å². The Labute approximate surface area is 72.1 Å². The summed E-state index contributed by atoms with van der Waals surface area (Å²) in [5, 5.41) is 3.62. The van der Waals surface area contributed by atoms with Gasteiger partial charge in [0.2, 0.25) is 0 Å². The molecule has 11 heavy (non-hydrogen) atoms. The summed E-state index contributed by atoms with van der Waals surface area (Å²) in [5.41, 5.74) is 0. The van der Waals surface area contributed by atoms with Crippen molar-refractivity contribution in [1.82, 2.24) is 5.32 Å². The van der Waals surface area contributed by atoms with Gasteiger partial charge in [0.05, 0.1) is 19.3 Å². The van der Waals surface area contributed by atoms with E-state index in [0.29, 0.717) is 6.04 Å². The van der Waals surface area contributed by atoms with Crippen LogP contribution in [0.4, 0.5) is 0 Å². The lowest BCUT2D eigenvalue weighted by Crippen LogP contribution is -2.51. The average molecular weight is 173 g/mol. The van der Waals surface area contributed by atoms with Gasteiger partial charge in [-0.2, -0.15) is 11.8 Å². The molecule has 2 aliphatic rings. The Hall–Kier alpha value is 0.270. The van der Waals surface area contributed by atoms with Gasteiger partial charge >= 0.3 is 0 Å². The Kier molecular flexibility index (Phi) is 2.72. The molecule has 2 saturated heterocycles. The molecular formula is C8H15NOS. The lowest BCUT2D eigenvalue weighted by molar-refractivity contribution is -0.0104. The highest BCUT2D eigenvalue weighted by atomic mass is 32.2. The standard InChI is InChI=1S/C8H15NOS/c1-3-11-4-2-7(1)9-8-5-10-6-8/h7-9H,1-6H2. The van der Waals surface area contributed by atoms with Crippen LogP contribution in [0.5, 0.6) is 0 Å². The van der Waals surface area contributed by atoms with Crippen LogP contribution in [0.3, 0.4) is 0 Å². The summed E-state index contributed by atoms with van der Waals surface area (Å²) in [6.07, 6.45) is 2.70. The molecule has 0 radical (unpaired) electrons. The van der Waals surface area contributed by atoms with E-state index in [1.165, 1.54) is 24.3 Å². The highest BCUT2D eigenvalue weighted by Crippen LogP contribution is 2.18. The summed E-state index contributed by atoms with van der Waals surface area (Å²) in [6, 6.07) is 1.45. The second-order valence-electron chi connectivity index (χ2n) is 3.29. The minimum Gasteiger partial charge on any atom is -0.378 e. The van der Waals surface area contributed by atoms with Gasteiger partial charge in [-0.3, -0.25) is 0 Å². The SMILES string of the molecule is C1CC(NC2COC2)CCS1. The number of ether oxygens (including phenoxy) is 1. The van der Waals surface area contributed by atoms with E-state index in [-0.39, 0.29) is 0 Å². The topological polar surface area (TPSA) is 21.3 Å². The molecule has 0 unspecified atom stereocenters. The normalized spacial score (nSPS) is 28.4. The highest BCUT2D eigenvalue weighted by molar-refractivity contribution is 7.99. The van der Waals surface area contributed by atoms with E-state index in [1.807, 2.05) is 0 Å². The maximum absolute atomic E-state index is 5.11. The average Bonchev–Trinajstić information content (AvgIpc) is 1.99. The van der Waals surface area contributed by atoms with Crippen molar-refractivity contribution in [2.45, 2.75) is 24.9 Å². The van der Waals surface area contributed by atoms with Crippen LogP contribution in [0.1, 0.15) is 12.8 Å². The van der Waals surface area contributed by atoms with Crippen molar-refractivity contribution >= 4 is 11.8 Å². The summed E-state index contributed by atoms with van der Waals surface area (Å²) in [5.74, 6) is 2.68. The first kappa shape index (κ1) is 7.90. The highest BCUT2D eigenvalue weighted by Gasteiger charge is 2.22. The smallest absolute Gasteiger partial charge is 0.0643 e. The molecule has 2 aliphatic heterocycles. The molecule has 2 heterocycles. The lowest BCUT2D eigenvalue weighted by atomic mass is 10.1.